The zero-order chi connectivity index (χ0) is 11.7. The van der Waals surface area contributed by atoms with Gasteiger partial charge in [-0.05, 0) is 37.3 Å². The lowest BCUT2D eigenvalue weighted by molar-refractivity contribution is 0.476. The first-order valence-corrected chi connectivity index (χ1v) is 5.97. The highest BCUT2D eigenvalue weighted by atomic mass is 79.9. The predicted octanol–water partition coefficient (Wildman–Crippen LogP) is 3.10. The van der Waals surface area contributed by atoms with Crippen molar-refractivity contribution in [3.63, 3.8) is 0 Å². The maximum absolute atomic E-state index is 9.84. The van der Waals surface area contributed by atoms with Crippen LogP contribution in [0.25, 0.3) is 11.4 Å². The van der Waals surface area contributed by atoms with Crippen LogP contribution < -0.4 is 0 Å². The molecule has 0 aliphatic rings. The number of aromatic hydroxyl groups is 1. The highest BCUT2D eigenvalue weighted by molar-refractivity contribution is 9.10. The molecule has 6 heteroatoms. The molecule has 4 nitrogen and oxygen atoms in total. The van der Waals surface area contributed by atoms with Crippen LogP contribution in [0.15, 0.2) is 22.7 Å². The molecule has 0 bridgehead atoms. The quantitative estimate of drug-likeness (QED) is 0.838. The average molecular weight is 300 g/mol. The molecule has 0 aliphatic carbocycles. The summed E-state index contributed by atoms with van der Waals surface area (Å²) in [7, 11) is 0. The topological polar surface area (TPSA) is 53.8 Å². The lowest BCUT2D eigenvalue weighted by Gasteiger charge is -2.05. The van der Waals surface area contributed by atoms with Crippen molar-refractivity contribution in [2.75, 3.05) is 0 Å². The van der Waals surface area contributed by atoms with E-state index in [0.717, 1.165) is 4.47 Å². The van der Waals surface area contributed by atoms with Gasteiger partial charge in [0, 0.05) is 11.0 Å². The lowest BCUT2D eigenvalue weighted by atomic mass is 10.2. The summed E-state index contributed by atoms with van der Waals surface area (Å²) in [4.78, 5) is 0. The van der Waals surface area contributed by atoms with E-state index in [0.29, 0.717) is 22.7 Å². The van der Waals surface area contributed by atoms with Gasteiger partial charge in [0.25, 0.3) is 0 Å². The third kappa shape index (κ3) is 1.90. The number of aromatic nitrogens is 3. The van der Waals surface area contributed by atoms with Crippen molar-refractivity contribution in [1.82, 2.24) is 14.8 Å². The highest BCUT2D eigenvalue weighted by Gasteiger charge is 2.11. The summed E-state index contributed by atoms with van der Waals surface area (Å²) in [5.74, 6) is 0.829. The molecule has 2 rings (SSSR count). The SMILES string of the molecule is CCn1c(-c2ccc(Br)cc2O)n[nH]c1=S. The summed E-state index contributed by atoms with van der Waals surface area (Å²) < 4.78 is 3.21. The van der Waals surface area contributed by atoms with Gasteiger partial charge in [0.1, 0.15) is 5.75 Å². The molecule has 0 spiro atoms. The maximum atomic E-state index is 9.84. The molecule has 1 heterocycles. The van der Waals surface area contributed by atoms with E-state index in [-0.39, 0.29) is 5.75 Å². The molecule has 0 saturated carbocycles. The van der Waals surface area contributed by atoms with Gasteiger partial charge in [0.2, 0.25) is 0 Å². The van der Waals surface area contributed by atoms with Crippen molar-refractivity contribution in [3.8, 4) is 17.1 Å². The van der Waals surface area contributed by atoms with Crippen molar-refractivity contribution in [3.05, 3.63) is 27.4 Å². The van der Waals surface area contributed by atoms with E-state index < -0.39 is 0 Å². The number of halogens is 1. The smallest absolute Gasteiger partial charge is 0.195 e. The summed E-state index contributed by atoms with van der Waals surface area (Å²) in [5, 5.41) is 16.7. The number of nitrogens with zero attached hydrogens (tertiary/aromatic N) is 2. The van der Waals surface area contributed by atoms with E-state index >= 15 is 0 Å². The highest BCUT2D eigenvalue weighted by Crippen LogP contribution is 2.30. The molecule has 0 saturated heterocycles. The normalized spacial score (nSPS) is 10.6. The number of rotatable bonds is 2. The molecule has 2 N–H and O–H groups in total. The standard InChI is InChI=1S/C10H10BrN3OS/c1-2-14-9(12-13-10(14)16)7-4-3-6(11)5-8(7)15/h3-5,15H,2H2,1H3,(H,13,16). The first-order chi connectivity index (χ1) is 7.63. The number of H-pyrrole nitrogens is 1. The monoisotopic (exact) mass is 299 g/mol. The lowest BCUT2D eigenvalue weighted by Crippen LogP contribution is -1.97. The molecule has 0 unspecified atom stereocenters. The van der Waals surface area contributed by atoms with Crippen LogP contribution in [0.4, 0.5) is 0 Å². The molecule has 16 heavy (non-hydrogen) atoms. The minimum Gasteiger partial charge on any atom is -0.507 e. The van der Waals surface area contributed by atoms with Crippen LogP contribution in [0.1, 0.15) is 6.92 Å². The first-order valence-electron chi connectivity index (χ1n) is 4.77. The molecule has 0 atom stereocenters. The molecule has 2 aromatic rings. The molecule has 1 aromatic carbocycles. The van der Waals surface area contributed by atoms with E-state index in [9.17, 15) is 5.11 Å². The number of phenols is 1. The zero-order valence-corrected chi connectivity index (χ0v) is 11.0. The Labute approximate surface area is 106 Å². The van der Waals surface area contributed by atoms with Crippen molar-refractivity contribution in [2.45, 2.75) is 13.5 Å². The fraction of sp³-hybridized carbons (Fsp3) is 0.200. The third-order valence-corrected chi connectivity index (χ3v) is 3.08. The zero-order valence-electron chi connectivity index (χ0n) is 8.57. The Balaban J connectivity index is 2.63. The fourth-order valence-electron chi connectivity index (χ4n) is 1.51. The van der Waals surface area contributed by atoms with Crippen LogP contribution in [0, 0.1) is 4.77 Å². The van der Waals surface area contributed by atoms with Gasteiger partial charge in [-0.25, -0.2) is 0 Å². The molecule has 0 fully saturated rings. The van der Waals surface area contributed by atoms with Gasteiger partial charge in [-0.3, -0.25) is 5.10 Å². The van der Waals surface area contributed by atoms with Crippen LogP contribution in [-0.4, -0.2) is 19.9 Å². The Kier molecular flexibility index (Phi) is 3.11. The van der Waals surface area contributed by atoms with Gasteiger partial charge in [0.15, 0.2) is 10.6 Å². The van der Waals surface area contributed by atoms with Gasteiger partial charge >= 0.3 is 0 Å². The van der Waals surface area contributed by atoms with Crippen LogP contribution in [-0.2, 0) is 6.54 Å². The maximum Gasteiger partial charge on any atom is 0.195 e. The van der Waals surface area contributed by atoms with E-state index in [1.54, 1.807) is 12.1 Å². The Hall–Kier alpha value is -1.14. The number of benzene rings is 1. The van der Waals surface area contributed by atoms with Crippen LogP contribution in [0.2, 0.25) is 0 Å². The van der Waals surface area contributed by atoms with Gasteiger partial charge < -0.3 is 9.67 Å². The number of phenolic OH excluding ortho intramolecular Hbond substituents is 1. The molecule has 0 aliphatic heterocycles. The largest absolute Gasteiger partial charge is 0.507 e. The summed E-state index contributed by atoms with van der Waals surface area (Å²) in [6.07, 6.45) is 0. The van der Waals surface area contributed by atoms with Gasteiger partial charge in [0.05, 0.1) is 5.56 Å². The van der Waals surface area contributed by atoms with E-state index in [2.05, 4.69) is 26.1 Å². The molecule has 0 radical (unpaired) electrons. The Bertz CT molecular complexity index is 576. The third-order valence-electron chi connectivity index (χ3n) is 2.28. The van der Waals surface area contributed by atoms with Crippen molar-refractivity contribution in [2.24, 2.45) is 0 Å². The summed E-state index contributed by atoms with van der Waals surface area (Å²) in [5.41, 5.74) is 0.664. The average Bonchev–Trinajstić information content (AvgIpc) is 2.59. The van der Waals surface area contributed by atoms with Gasteiger partial charge in [-0.1, -0.05) is 15.9 Å². The number of aromatic amines is 1. The fourth-order valence-corrected chi connectivity index (χ4v) is 2.12. The van der Waals surface area contributed by atoms with Crippen LogP contribution in [0.5, 0.6) is 5.75 Å². The second-order valence-electron chi connectivity index (χ2n) is 3.26. The molecule has 0 amide bonds. The number of nitrogens with one attached hydrogen (secondary N) is 1. The van der Waals surface area contributed by atoms with Crippen LogP contribution >= 0.6 is 28.1 Å². The Morgan fingerprint density at radius 2 is 2.31 bits per heavy atom. The minimum atomic E-state index is 0.179. The number of hydrogen-bond acceptors (Lipinski definition) is 3. The minimum absolute atomic E-state index is 0.179. The second-order valence-corrected chi connectivity index (χ2v) is 4.56. The van der Waals surface area contributed by atoms with E-state index in [4.69, 9.17) is 12.2 Å². The summed E-state index contributed by atoms with van der Waals surface area (Å²) in [6, 6.07) is 5.29. The Morgan fingerprint density at radius 3 is 2.94 bits per heavy atom. The van der Waals surface area contributed by atoms with E-state index in [1.165, 1.54) is 0 Å². The van der Waals surface area contributed by atoms with Gasteiger partial charge in [-0.2, -0.15) is 5.10 Å². The van der Waals surface area contributed by atoms with E-state index in [1.807, 2.05) is 17.6 Å². The second kappa shape index (κ2) is 4.39. The molecule has 84 valence electrons. The Morgan fingerprint density at radius 1 is 1.56 bits per heavy atom. The first kappa shape index (κ1) is 11.3. The molecular formula is C10H10BrN3OS. The molecular weight excluding hydrogens is 290 g/mol. The summed E-state index contributed by atoms with van der Waals surface area (Å²) in [6.45, 7) is 2.69. The summed E-state index contributed by atoms with van der Waals surface area (Å²) >= 11 is 8.39. The van der Waals surface area contributed by atoms with Crippen molar-refractivity contribution >= 4 is 28.1 Å². The number of hydrogen-bond donors (Lipinski definition) is 2. The van der Waals surface area contributed by atoms with Gasteiger partial charge in [-0.15, -0.1) is 0 Å². The molecule has 1 aromatic heterocycles. The van der Waals surface area contributed by atoms with Crippen LogP contribution in [0.3, 0.4) is 0 Å². The predicted molar refractivity (Wildman–Crippen MR) is 67.9 cm³/mol. The van der Waals surface area contributed by atoms with Crippen molar-refractivity contribution < 1.29 is 5.11 Å². The van der Waals surface area contributed by atoms with Crippen molar-refractivity contribution in [1.29, 1.82) is 0 Å².